The van der Waals surface area contributed by atoms with E-state index in [0.29, 0.717) is 17.3 Å². The molecule has 0 aromatic heterocycles. The molecule has 0 aliphatic heterocycles. The lowest BCUT2D eigenvalue weighted by Gasteiger charge is -2.65. The highest BCUT2D eigenvalue weighted by atomic mass is 16.1. The van der Waals surface area contributed by atoms with Crippen LogP contribution in [0.25, 0.3) is 0 Å². The van der Waals surface area contributed by atoms with Gasteiger partial charge in [-0.05, 0) is 67.8 Å². The highest BCUT2D eigenvalue weighted by Gasteiger charge is 2.60. The molecule has 4 saturated carbocycles. The Bertz CT molecular complexity index is 425. The van der Waals surface area contributed by atoms with E-state index in [9.17, 15) is 4.79 Å². The summed E-state index contributed by atoms with van der Waals surface area (Å²) in [5, 5.41) is 3.46. The van der Waals surface area contributed by atoms with Crippen LogP contribution >= 0.6 is 0 Å². The van der Waals surface area contributed by atoms with Crippen molar-refractivity contribution in [3.63, 3.8) is 0 Å². The zero-order valence-electron chi connectivity index (χ0n) is 14.5. The Kier molecular flexibility index (Phi) is 4.40. The van der Waals surface area contributed by atoms with Crippen LogP contribution in [0, 0.1) is 23.2 Å². The second kappa shape index (κ2) is 6.02. The Labute approximate surface area is 136 Å². The number of unbranched alkanes of at least 4 members (excludes halogenated alkanes) is 3. The van der Waals surface area contributed by atoms with Crippen molar-refractivity contribution in [2.24, 2.45) is 23.2 Å². The first-order valence-corrected chi connectivity index (χ1v) is 9.46. The monoisotopic (exact) mass is 303 g/mol. The molecule has 4 aliphatic rings. The molecule has 0 radical (unpaired) electrons. The summed E-state index contributed by atoms with van der Waals surface area (Å²) >= 11 is 0. The van der Waals surface area contributed by atoms with Gasteiger partial charge in [0, 0.05) is 5.54 Å². The fourth-order valence-electron chi connectivity index (χ4n) is 6.29. The number of nitrogens with one attached hydrogen (secondary N) is 1. The van der Waals surface area contributed by atoms with Crippen molar-refractivity contribution in [3.8, 4) is 0 Å². The molecule has 1 N–H and O–H groups in total. The van der Waals surface area contributed by atoms with E-state index in [2.05, 4.69) is 25.7 Å². The summed E-state index contributed by atoms with van der Waals surface area (Å²) in [7, 11) is 0. The normalized spacial score (nSPS) is 42.4. The number of carbonyl (C=O) groups excluding carboxylic acids is 1. The van der Waals surface area contributed by atoms with Gasteiger partial charge < -0.3 is 5.32 Å². The topological polar surface area (TPSA) is 29.1 Å². The minimum Gasteiger partial charge on any atom is -0.347 e. The number of hydrogen-bond donors (Lipinski definition) is 1. The Balaban J connectivity index is 1.79. The van der Waals surface area contributed by atoms with Gasteiger partial charge in [0.25, 0.3) is 0 Å². The van der Waals surface area contributed by atoms with E-state index in [1.54, 1.807) is 0 Å². The second-order valence-corrected chi connectivity index (χ2v) is 8.70. The van der Waals surface area contributed by atoms with Gasteiger partial charge in [-0.25, -0.2) is 0 Å². The van der Waals surface area contributed by atoms with Crippen molar-refractivity contribution in [3.05, 3.63) is 12.7 Å². The fourth-order valence-corrected chi connectivity index (χ4v) is 6.29. The molecule has 2 heteroatoms. The molecule has 4 fully saturated rings. The molecular formula is C20H33NO. The van der Waals surface area contributed by atoms with Crippen molar-refractivity contribution < 1.29 is 4.79 Å². The van der Waals surface area contributed by atoms with E-state index in [4.69, 9.17) is 0 Å². The van der Waals surface area contributed by atoms with E-state index in [1.807, 2.05) is 0 Å². The van der Waals surface area contributed by atoms with Crippen molar-refractivity contribution in [1.82, 2.24) is 5.32 Å². The highest BCUT2D eigenvalue weighted by Crippen LogP contribution is 2.64. The molecule has 0 aromatic carbocycles. The maximum Gasteiger partial charge on any atom is 0.243 e. The summed E-state index contributed by atoms with van der Waals surface area (Å²) in [4.78, 5) is 12.1. The van der Waals surface area contributed by atoms with Gasteiger partial charge in [-0.1, -0.05) is 46.1 Å². The maximum atomic E-state index is 12.1. The lowest BCUT2D eigenvalue weighted by atomic mass is 9.43. The zero-order chi connectivity index (χ0) is 15.8. The quantitative estimate of drug-likeness (QED) is 0.529. The maximum absolute atomic E-state index is 12.1. The van der Waals surface area contributed by atoms with Gasteiger partial charge in [0.1, 0.15) is 0 Å². The summed E-state index contributed by atoms with van der Waals surface area (Å²) in [6.45, 7) is 8.44. The Hall–Kier alpha value is -0.790. The number of rotatable bonds is 7. The summed E-state index contributed by atoms with van der Waals surface area (Å²) in [6, 6.07) is 0. The Morgan fingerprint density at radius 3 is 2.41 bits per heavy atom. The Morgan fingerprint density at radius 1 is 1.18 bits per heavy atom. The predicted octanol–water partition coefficient (Wildman–Crippen LogP) is 4.84. The largest absolute Gasteiger partial charge is 0.347 e. The summed E-state index contributed by atoms with van der Waals surface area (Å²) < 4.78 is 0. The van der Waals surface area contributed by atoms with Crippen molar-refractivity contribution in [2.75, 3.05) is 0 Å². The lowest BCUT2D eigenvalue weighted by Crippen LogP contribution is -2.67. The average Bonchev–Trinajstić information content (AvgIpc) is 2.46. The molecule has 2 unspecified atom stereocenters. The Morgan fingerprint density at radius 2 is 1.86 bits per heavy atom. The SMILES string of the molecule is C=CC(=O)NC1(CCCCCC)C2CC3CC1CC(C)(C3)C2. The first kappa shape index (κ1) is 16.1. The molecular weight excluding hydrogens is 270 g/mol. The van der Waals surface area contributed by atoms with Crippen LogP contribution in [0.3, 0.4) is 0 Å². The highest BCUT2D eigenvalue weighted by molar-refractivity contribution is 5.87. The fraction of sp³-hybridized carbons (Fsp3) is 0.850. The van der Waals surface area contributed by atoms with Crippen LogP contribution in [0.2, 0.25) is 0 Å². The van der Waals surface area contributed by atoms with E-state index >= 15 is 0 Å². The van der Waals surface area contributed by atoms with Gasteiger partial charge in [-0.3, -0.25) is 4.79 Å². The minimum atomic E-state index is 0.0492. The summed E-state index contributed by atoms with van der Waals surface area (Å²) in [5.74, 6) is 2.38. The predicted molar refractivity (Wildman–Crippen MR) is 91.5 cm³/mol. The van der Waals surface area contributed by atoms with E-state index in [-0.39, 0.29) is 11.4 Å². The molecule has 0 heterocycles. The molecule has 4 aliphatic carbocycles. The van der Waals surface area contributed by atoms with Crippen LogP contribution < -0.4 is 5.32 Å². The first-order valence-electron chi connectivity index (χ1n) is 9.46. The van der Waals surface area contributed by atoms with Crippen molar-refractivity contribution >= 4 is 5.91 Å². The van der Waals surface area contributed by atoms with Crippen molar-refractivity contribution in [1.29, 1.82) is 0 Å². The average molecular weight is 303 g/mol. The van der Waals surface area contributed by atoms with E-state index < -0.39 is 0 Å². The van der Waals surface area contributed by atoms with Gasteiger partial charge in [-0.15, -0.1) is 0 Å². The molecule has 2 atom stereocenters. The van der Waals surface area contributed by atoms with Gasteiger partial charge in [0.05, 0.1) is 0 Å². The molecule has 22 heavy (non-hydrogen) atoms. The molecule has 2 nitrogen and oxygen atoms in total. The number of hydrogen-bond acceptors (Lipinski definition) is 1. The smallest absolute Gasteiger partial charge is 0.243 e. The first-order chi connectivity index (χ1) is 10.5. The molecule has 4 rings (SSSR count). The molecule has 4 bridgehead atoms. The molecule has 0 saturated heterocycles. The van der Waals surface area contributed by atoms with Gasteiger partial charge >= 0.3 is 0 Å². The third-order valence-corrected chi connectivity index (χ3v) is 6.94. The van der Waals surface area contributed by atoms with Crippen molar-refractivity contribution in [2.45, 2.75) is 83.6 Å². The van der Waals surface area contributed by atoms with Crippen LogP contribution in [-0.2, 0) is 4.79 Å². The van der Waals surface area contributed by atoms with Crippen LogP contribution in [0.15, 0.2) is 12.7 Å². The minimum absolute atomic E-state index is 0.0492. The standard InChI is InChI=1S/C20H33NO/c1-4-6-7-8-9-20(21-18(22)5-2)16-10-15-11-17(20)14-19(3,12-15)13-16/h5,15-17H,2,4,6-14H2,1,3H3,(H,21,22). The number of amides is 1. The second-order valence-electron chi connectivity index (χ2n) is 8.70. The van der Waals surface area contributed by atoms with Crippen LogP contribution in [-0.4, -0.2) is 11.4 Å². The third kappa shape index (κ3) is 2.74. The molecule has 0 aromatic rings. The van der Waals surface area contributed by atoms with E-state index in [1.165, 1.54) is 70.3 Å². The molecule has 1 amide bonds. The zero-order valence-corrected chi connectivity index (χ0v) is 14.5. The van der Waals surface area contributed by atoms with Gasteiger partial charge in [-0.2, -0.15) is 0 Å². The summed E-state index contributed by atoms with van der Waals surface area (Å²) in [6.07, 6.45) is 14.6. The van der Waals surface area contributed by atoms with Crippen LogP contribution in [0.4, 0.5) is 0 Å². The van der Waals surface area contributed by atoms with Crippen LogP contribution in [0.5, 0.6) is 0 Å². The summed E-state index contributed by atoms with van der Waals surface area (Å²) in [5.41, 5.74) is 0.637. The van der Waals surface area contributed by atoms with Gasteiger partial charge in [0.15, 0.2) is 0 Å². The number of carbonyl (C=O) groups is 1. The lowest BCUT2D eigenvalue weighted by molar-refractivity contribution is -0.138. The van der Waals surface area contributed by atoms with E-state index in [0.717, 1.165) is 5.92 Å². The van der Waals surface area contributed by atoms with Gasteiger partial charge in [0.2, 0.25) is 5.91 Å². The third-order valence-electron chi connectivity index (χ3n) is 6.94. The molecule has 0 spiro atoms. The van der Waals surface area contributed by atoms with Crippen LogP contribution in [0.1, 0.15) is 78.1 Å². The molecule has 124 valence electrons.